The number of hydrogen-bond donors (Lipinski definition) is 0. The Kier molecular flexibility index (Phi) is 4.35. The number of Topliss-reactive ketones (excluding diaryl/α,β-unsaturated/α-hetero) is 1. The smallest absolute Gasteiger partial charge is 0.167 e. The summed E-state index contributed by atoms with van der Waals surface area (Å²) < 4.78 is 5.34. The molecular weight excluding hydrogens is 188 g/mol. The number of carbonyl (C=O) groups is 1. The van der Waals surface area contributed by atoms with E-state index in [1.807, 2.05) is 18.2 Å². The van der Waals surface area contributed by atoms with Gasteiger partial charge in [-0.3, -0.25) is 4.79 Å². The lowest BCUT2D eigenvalue weighted by Gasteiger charge is -2.08. The van der Waals surface area contributed by atoms with Crippen molar-refractivity contribution in [1.29, 1.82) is 0 Å². The van der Waals surface area contributed by atoms with Crippen molar-refractivity contribution in [2.24, 2.45) is 5.92 Å². The average Bonchev–Trinajstić information content (AvgIpc) is 2.14. The van der Waals surface area contributed by atoms with Crippen LogP contribution in [0.4, 0.5) is 0 Å². The van der Waals surface area contributed by atoms with Crippen LogP contribution < -0.4 is 4.74 Å². The summed E-state index contributed by atoms with van der Waals surface area (Å²) in [5.74, 6) is 1.46. The van der Waals surface area contributed by atoms with Crippen molar-refractivity contribution in [2.75, 3.05) is 6.61 Å². The fraction of sp³-hybridized carbons (Fsp3) is 0.462. The highest BCUT2D eigenvalue weighted by molar-refractivity contribution is 5.77. The third kappa shape index (κ3) is 4.63. The van der Waals surface area contributed by atoms with Gasteiger partial charge in [-0.05, 0) is 37.0 Å². The number of ether oxygens (including phenoxy) is 1. The minimum Gasteiger partial charge on any atom is -0.486 e. The second-order valence-corrected chi connectivity index (χ2v) is 4.24. The minimum absolute atomic E-state index is 0.0456. The molecule has 0 aliphatic heterocycles. The van der Waals surface area contributed by atoms with E-state index in [0.29, 0.717) is 5.92 Å². The van der Waals surface area contributed by atoms with Crippen LogP contribution in [0.25, 0.3) is 0 Å². The highest BCUT2D eigenvalue weighted by Gasteiger charge is 2.01. The van der Waals surface area contributed by atoms with Crippen LogP contribution in [0.3, 0.4) is 0 Å². The van der Waals surface area contributed by atoms with E-state index in [4.69, 9.17) is 4.74 Å². The van der Waals surface area contributed by atoms with Gasteiger partial charge in [0.1, 0.15) is 12.4 Å². The maximum absolute atomic E-state index is 10.8. The van der Waals surface area contributed by atoms with Crippen LogP contribution in [0.5, 0.6) is 5.75 Å². The van der Waals surface area contributed by atoms with Crippen molar-refractivity contribution in [1.82, 2.24) is 0 Å². The minimum atomic E-state index is 0.0456. The Morgan fingerprint density at radius 1 is 1.40 bits per heavy atom. The first-order valence-electron chi connectivity index (χ1n) is 5.29. The molecule has 1 aromatic rings. The Balaban J connectivity index is 2.61. The van der Waals surface area contributed by atoms with Crippen LogP contribution in [0, 0.1) is 5.92 Å². The molecule has 0 radical (unpaired) electrons. The number of hydrogen-bond acceptors (Lipinski definition) is 2. The predicted molar refractivity (Wildman–Crippen MR) is 61.2 cm³/mol. The predicted octanol–water partition coefficient (Wildman–Crippen LogP) is 2.85. The maximum Gasteiger partial charge on any atom is 0.167 e. The summed E-state index contributed by atoms with van der Waals surface area (Å²) in [6.45, 7) is 6.05. The molecule has 0 saturated heterocycles. The van der Waals surface area contributed by atoms with Crippen molar-refractivity contribution < 1.29 is 9.53 Å². The second kappa shape index (κ2) is 5.54. The summed E-state index contributed by atoms with van der Waals surface area (Å²) >= 11 is 0. The van der Waals surface area contributed by atoms with Crippen molar-refractivity contribution in [3.8, 4) is 5.75 Å². The molecule has 0 atom stereocenters. The van der Waals surface area contributed by atoms with Gasteiger partial charge in [0.25, 0.3) is 0 Å². The van der Waals surface area contributed by atoms with E-state index in [2.05, 4.69) is 19.9 Å². The molecule has 1 aromatic carbocycles. The summed E-state index contributed by atoms with van der Waals surface area (Å²) in [5, 5.41) is 0. The lowest BCUT2D eigenvalue weighted by atomic mass is 10.0. The van der Waals surface area contributed by atoms with E-state index in [0.717, 1.165) is 12.2 Å². The molecule has 0 aliphatic rings. The van der Waals surface area contributed by atoms with E-state index in [1.54, 1.807) is 0 Å². The molecular formula is C13H18O2. The Labute approximate surface area is 91.3 Å². The van der Waals surface area contributed by atoms with Crippen molar-refractivity contribution in [3.63, 3.8) is 0 Å². The van der Waals surface area contributed by atoms with Gasteiger partial charge in [0, 0.05) is 0 Å². The van der Waals surface area contributed by atoms with Crippen LogP contribution in [-0.2, 0) is 11.2 Å². The molecule has 0 amide bonds. The summed E-state index contributed by atoms with van der Waals surface area (Å²) in [5.41, 5.74) is 1.26. The Hall–Kier alpha value is -1.31. The molecule has 0 bridgehead atoms. The normalized spacial score (nSPS) is 10.4. The van der Waals surface area contributed by atoms with Gasteiger partial charge in [0.15, 0.2) is 5.78 Å². The van der Waals surface area contributed by atoms with Gasteiger partial charge in [-0.1, -0.05) is 26.0 Å². The maximum atomic E-state index is 10.8. The van der Waals surface area contributed by atoms with Crippen molar-refractivity contribution in [3.05, 3.63) is 29.8 Å². The van der Waals surface area contributed by atoms with Gasteiger partial charge < -0.3 is 4.74 Å². The Morgan fingerprint density at radius 2 is 2.13 bits per heavy atom. The number of rotatable bonds is 5. The van der Waals surface area contributed by atoms with E-state index >= 15 is 0 Å². The quantitative estimate of drug-likeness (QED) is 0.740. The second-order valence-electron chi connectivity index (χ2n) is 4.24. The number of benzene rings is 1. The van der Waals surface area contributed by atoms with Gasteiger partial charge >= 0.3 is 0 Å². The fourth-order valence-corrected chi connectivity index (χ4v) is 1.42. The zero-order valence-electron chi connectivity index (χ0n) is 9.62. The van der Waals surface area contributed by atoms with E-state index in [9.17, 15) is 4.79 Å². The van der Waals surface area contributed by atoms with Crippen LogP contribution in [0.1, 0.15) is 26.3 Å². The summed E-state index contributed by atoms with van der Waals surface area (Å²) in [7, 11) is 0. The van der Waals surface area contributed by atoms with Gasteiger partial charge in [0.2, 0.25) is 0 Å². The SMILES string of the molecule is CC(=O)COc1cccc(CC(C)C)c1. The van der Waals surface area contributed by atoms with Crippen LogP contribution in [0.2, 0.25) is 0 Å². The molecule has 0 fully saturated rings. The lowest BCUT2D eigenvalue weighted by Crippen LogP contribution is -2.06. The topological polar surface area (TPSA) is 26.3 Å². The zero-order valence-corrected chi connectivity index (χ0v) is 9.62. The summed E-state index contributed by atoms with van der Waals surface area (Å²) in [6.07, 6.45) is 1.04. The molecule has 0 N–H and O–H groups in total. The molecule has 0 spiro atoms. The summed E-state index contributed by atoms with van der Waals surface area (Å²) in [4.78, 5) is 10.8. The molecule has 2 heteroatoms. The molecule has 0 aromatic heterocycles. The van der Waals surface area contributed by atoms with E-state index in [1.165, 1.54) is 12.5 Å². The average molecular weight is 206 g/mol. The van der Waals surface area contributed by atoms with Gasteiger partial charge in [-0.15, -0.1) is 0 Å². The number of carbonyl (C=O) groups excluding carboxylic acids is 1. The third-order valence-corrected chi connectivity index (χ3v) is 1.98. The first kappa shape index (κ1) is 11.8. The molecule has 0 saturated carbocycles. The first-order chi connectivity index (χ1) is 7.08. The molecule has 0 aliphatic carbocycles. The monoisotopic (exact) mass is 206 g/mol. The highest BCUT2D eigenvalue weighted by atomic mass is 16.5. The van der Waals surface area contributed by atoms with Crippen molar-refractivity contribution >= 4 is 5.78 Å². The third-order valence-electron chi connectivity index (χ3n) is 1.98. The van der Waals surface area contributed by atoms with Gasteiger partial charge in [-0.25, -0.2) is 0 Å². The highest BCUT2D eigenvalue weighted by Crippen LogP contribution is 2.16. The zero-order chi connectivity index (χ0) is 11.3. The van der Waals surface area contributed by atoms with E-state index in [-0.39, 0.29) is 12.4 Å². The lowest BCUT2D eigenvalue weighted by molar-refractivity contribution is -0.118. The van der Waals surface area contributed by atoms with Gasteiger partial charge in [-0.2, -0.15) is 0 Å². The van der Waals surface area contributed by atoms with Crippen LogP contribution >= 0.6 is 0 Å². The standard InChI is InChI=1S/C13H18O2/c1-10(2)7-12-5-4-6-13(8-12)15-9-11(3)14/h4-6,8,10H,7,9H2,1-3H3. The fourth-order valence-electron chi connectivity index (χ4n) is 1.42. The molecule has 1 rings (SSSR count). The molecule has 0 heterocycles. The number of ketones is 1. The van der Waals surface area contributed by atoms with E-state index < -0.39 is 0 Å². The summed E-state index contributed by atoms with van der Waals surface area (Å²) in [6, 6.07) is 7.93. The van der Waals surface area contributed by atoms with Crippen LogP contribution in [0.15, 0.2) is 24.3 Å². The van der Waals surface area contributed by atoms with Crippen molar-refractivity contribution in [2.45, 2.75) is 27.2 Å². The largest absolute Gasteiger partial charge is 0.486 e. The molecule has 82 valence electrons. The molecule has 2 nitrogen and oxygen atoms in total. The van der Waals surface area contributed by atoms with Crippen LogP contribution in [-0.4, -0.2) is 12.4 Å². The molecule has 15 heavy (non-hydrogen) atoms. The Bertz CT molecular complexity index is 329. The molecule has 0 unspecified atom stereocenters. The first-order valence-corrected chi connectivity index (χ1v) is 5.29. The Morgan fingerprint density at radius 3 is 2.73 bits per heavy atom. The van der Waals surface area contributed by atoms with Gasteiger partial charge in [0.05, 0.1) is 0 Å².